The van der Waals surface area contributed by atoms with E-state index in [0.29, 0.717) is 25.8 Å². The first-order valence-electron chi connectivity index (χ1n) is 10.4. The average molecular weight is 386 g/mol. The molecule has 1 aromatic carbocycles. The molecule has 0 aromatic heterocycles. The molecule has 7 nitrogen and oxygen atoms in total. The van der Waals surface area contributed by atoms with Gasteiger partial charge >= 0.3 is 0 Å². The van der Waals surface area contributed by atoms with Crippen molar-refractivity contribution in [3.05, 3.63) is 24.3 Å². The molecule has 28 heavy (non-hydrogen) atoms. The van der Waals surface area contributed by atoms with Gasteiger partial charge in [0.25, 0.3) is 0 Å². The number of hydrogen-bond acceptors (Lipinski definition) is 5. The summed E-state index contributed by atoms with van der Waals surface area (Å²) >= 11 is 0. The van der Waals surface area contributed by atoms with E-state index in [0.717, 1.165) is 50.4 Å². The van der Waals surface area contributed by atoms with Crippen LogP contribution >= 0.6 is 0 Å². The molecule has 1 saturated carbocycles. The van der Waals surface area contributed by atoms with E-state index in [-0.39, 0.29) is 18.4 Å². The van der Waals surface area contributed by atoms with Crippen LogP contribution in [0.1, 0.15) is 25.7 Å². The Morgan fingerprint density at radius 1 is 1.07 bits per heavy atom. The molecule has 0 spiro atoms. The van der Waals surface area contributed by atoms with Gasteiger partial charge in [0.15, 0.2) is 0 Å². The van der Waals surface area contributed by atoms with Gasteiger partial charge < -0.3 is 19.9 Å². The minimum Gasteiger partial charge on any atom is -0.378 e. The molecule has 3 fully saturated rings. The molecule has 7 heteroatoms. The van der Waals surface area contributed by atoms with Gasteiger partial charge in [-0.15, -0.1) is 0 Å². The van der Waals surface area contributed by atoms with Gasteiger partial charge in [0, 0.05) is 32.2 Å². The predicted octanol–water partition coefficient (Wildman–Crippen LogP) is 1.55. The average Bonchev–Trinajstić information content (AvgIpc) is 3.23. The van der Waals surface area contributed by atoms with Crippen molar-refractivity contribution in [3.63, 3.8) is 0 Å². The van der Waals surface area contributed by atoms with E-state index in [1.807, 2.05) is 34.1 Å². The van der Waals surface area contributed by atoms with E-state index in [1.165, 1.54) is 12.8 Å². The van der Waals surface area contributed by atoms with Gasteiger partial charge in [-0.05, 0) is 25.0 Å². The second-order valence-corrected chi connectivity index (χ2v) is 7.90. The van der Waals surface area contributed by atoms with Gasteiger partial charge in [-0.3, -0.25) is 14.5 Å². The maximum absolute atomic E-state index is 12.6. The Balaban J connectivity index is 1.32. The van der Waals surface area contributed by atoms with Crippen molar-refractivity contribution >= 4 is 23.2 Å². The zero-order valence-electron chi connectivity index (χ0n) is 16.4. The third kappa shape index (κ3) is 4.47. The highest BCUT2D eigenvalue weighted by Gasteiger charge is 2.31. The number of nitrogens with one attached hydrogen (secondary N) is 1. The lowest BCUT2D eigenvalue weighted by atomic mass is 10.1. The van der Waals surface area contributed by atoms with E-state index in [4.69, 9.17) is 4.74 Å². The Hall–Kier alpha value is -2.12. The minimum absolute atomic E-state index is 0.0668. The topological polar surface area (TPSA) is 65.1 Å². The van der Waals surface area contributed by atoms with Crippen LogP contribution in [0.5, 0.6) is 0 Å². The predicted molar refractivity (Wildman–Crippen MR) is 109 cm³/mol. The number of ether oxygens (including phenoxy) is 1. The van der Waals surface area contributed by atoms with Crippen LogP contribution in [0.2, 0.25) is 0 Å². The maximum atomic E-state index is 12.6. The molecule has 1 aliphatic carbocycles. The van der Waals surface area contributed by atoms with Gasteiger partial charge in [-0.1, -0.05) is 25.0 Å². The number of rotatable bonds is 5. The van der Waals surface area contributed by atoms with E-state index in [2.05, 4.69) is 10.2 Å². The van der Waals surface area contributed by atoms with Crippen LogP contribution in [0.15, 0.2) is 24.3 Å². The highest BCUT2D eigenvalue weighted by atomic mass is 16.5. The summed E-state index contributed by atoms with van der Waals surface area (Å²) in [4.78, 5) is 31.4. The first kappa shape index (κ1) is 19.2. The van der Waals surface area contributed by atoms with Crippen molar-refractivity contribution in [1.82, 2.24) is 9.80 Å². The van der Waals surface area contributed by atoms with E-state index >= 15 is 0 Å². The van der Waals surface area contributed by atoms with Crippen LogP contribution in [0.3, 0.4) is 0 Å². The van der Waals surface area contributed by atoms with Crippen LogP contribution < -0.4 is 10.2 Å². The van der Waals surface area contributed by atoms with Crippen LogP contribution in [0.25, 0.3) is 0 Å². The molecule has 2 amide bonds. The fraction of sp³-hybridized carbons (Fsp3) is 0.619. The van der Waals surface area contributed by atoms with Crippen LogP contribution in [-0.4, -0.2) is 80.1 Å². The fourth-order valence-electron chi connectivity index (χ4n) is 4.52. The van der Waals surface area contributed by atoms with Crippen LogP contribution in [-0.2, 0) is 14.3 Å². The molecule has 0 radical (unpaired) electrons. The number of amides is 2. The molecule has 3 aliphatic rings. The summed E-state index contributed by atoms with van der Waals surface area (Å²) in [6.45, 7) is 5.15. The fourth-order valence-corrected chi connectivity index (χ4v) is 4.52. The van der Waals surface area contributed by atoms with Gasteiger partial charge in [0.1, 0.15) is 0 Å². The zero-order valence-corrected chi connectivity index (χ0v) is 16.4. The van der Waals surface area contributed by atoms with Gasteiger partial charge in [0.2, 0.25) is 11.8 Å². The summed E-state index contributed by atoms with van der Waals surface area (Å²) < 4.78 is 5.43. The molecule has 2 heterocycles. The molecule has 0 unspecified atom stereocenters. The Morgan fingerprint density at radius 3 is 2.57 bits per heavy atom. The Bertz CT molecular complexity index is 699. The van der Waals surface area contributed by atoms with Crippen molar-refractivity contribution < 1.29 is 14.3 Å². The van der Waals surface area contributed by atoms with E-state index in [9.17, 15) is 9.59 Å². The van der Waals surface area contributed by atoms with E-state index < -0.39 is 0 Å². The van der Waals surface area contributed by atoms with Crippen LogP contribution in [0, 0.1) is 0 Å². The summed E-state index contributed by atoms with van der Waals surface area (Å²) in [5.41, 5.74) is 1.85. The van der Waals surface area contributed by atoms with E-state index in [1.54, 1.807) is 0 Å². The number of nitrogens with zero attached hydrogens (tertiary/aromatic N) is 3. The molecular weight excluding hydrogens is 356 g/mol. The molecule has 1 N–H and O–H groups in total. The number of hydrogen-bond donors (Lipinski definition) is 1. The third-order valence-corrected chi connectivity index (χ3v) is 6.00. The summed E-state index contributed by atoms with van der Waals surface area (Å²) in [6.07, 6.45) is 4.71. The van der Waals surface area contributed by atoms with Gasteiger partial charge in [0.05, 0.1) is 37.7 Å². The molecule has 0 atom stereocenters. The summed E-state index contributed by atoms with van der Waals surface area (Å²) in [7, 11) is 0. The summed E-state index contributed by atoms with van der Waals surface area (Å²) in [5.74, 6) is 0.0995. The molecule has 1 aromatic rings. The van der Waals surface area contributed by atoms with Crippen LogP contribution in [0.4, 0.5) is 11.4 Å². The number of anilines is 2. The first-order chi connectivity index (χ1) is 13.7. The molecular formula is C21H30N4O3. The Labute approximate surface area is 166 Å². The van der Waals surface area contributed by atoms with Crippen molar-refractivity contribution in [2.45, 2.75) is 31.7 Å². The zero-order chi connectivity index (χ0) is 19.3. The van der Waals surface area contributed by atoms with Crippen molar-refractivity contribution in [2.24, 2.45) is 0 Å². The minimum atomic E-state index is -0.0668. The molecule has 152 valence electrons. The smallest absolute Gasteiger partial charge is 0.238 e. The quantitative estimate of drug-likeness (QED) is 0.832. The number of morpholine rings is 1. The van der Waals surface area contributed by atoms with Crippen molar-refractivity contribution in [3.8, 4) is 0 Å². The third-order valence-electron chi connectivity index (χ3n) is 6.00. The number of piperazine rings is 1. The monoisotopic (exact) mass is 386 g/mol. The molecule has 0 bridgehead atoms. The lowest BCUT2D eigenvalue weighted by molar-refractivity contribution is -0.139. The van der Waals surface area contributed by atoms with Gasteiger partial charge in [-0.2, -0.15) is 0 Å². The number of carbonyl (C=O) groups excluding carboxylic acids is 2. The molecule has 2 aliphatic heterocycles. The number of benzene rings is 1. The standard InChI is InChI=1S/C21H30N4O3/c26-20(15-23-9-10-25(21(27)16-23)17-5-1-2-6-17)22-18-7-3-4-8-19(18)24-11-13-28-14-12-24/h3-4,7-8,17H,1-2,5-6,9-16H2,(H,22,26). The number of carbonyl (C=O) groups is 2. The first-order valence-corrected chi connectivity index (χ1v) is 10.4. The van der Waals surface area contributed by atoms with Crippen molar-refractivity contribution in [2.75, 3.05) is 62.7 Å². The lowest BCUT2D eigenvalue weighted by Crippen LogP contribution is -2.54. The Morgan fingerprint density at radius 2 is 1.82 bits per heavy atom. The SMILES string of the molecule is O=C(CN1CCN(C2CCCC2)C(=O)C1)Nc1ccccc1N1CCOCC1. The van der Waals surface area contributed by atoms with Crippen molar-refractivity contribution in [1.29, 1.82) is 0 Å². The highest BCUT2D eigenvalue weighted by Crippen LogP contribution is 2.27. The second-order valence-electron chi connectivity index (χ2n) is 7.90. The Kier molecular flexibility index (Phi) is 6.12. The summed E-state index contributed by atoms with van der Waals surface area (Å²) in [5, 5.41) is 3.05. The maximum Gasteiger partial charge on any atom is 0.238 e. The normalized spacial score (nSPS) is 21.9. The number of para-hydroxylation sites is 2. The largest absolute Gasteiger partial charge is 0.378 e. The lowest BCUT2D eigenvalue weighted by Gasteiger charge is -2.37. The second kappa shape index (κ2) is 8.92. The highest BCUT2D eigenvalue weighted by molar-refractivity contribution is 5.96. The molecule has 2 saturated heterocycles. The summed E-state index contributed by atoms with van der Waals surface area (Å²) in [6, 6.07) is 8.31. The molecule has 4 rings (SSSR count). The van der Waals surface area contributed by atoms with Gasteiger partial charge in [-0.25, -0.2) is 0 Å².